The molecule has 1 aromatic carbocycles. The Labute approximate surface area is 136 Å². The molecule has 0 aliphatic heterocycles. The van der Waals surface area contributed by atoms with Crippen LogP contribution in [0.3, 0.4) is 0 Å². The number of halogens is 1. The number of hydrogen-bond acceptors (Lipinski definition) is 4. The highest BCUT2D eigenvalue weighted by Gasteiger charge is 2.27. The number of fused-ring (bicyclic) bond motifs is 1. The van der Waals surface area contributed by atoms with Crippen molar-refractivity contribution >= 4 is 22.8 Å². The SMILES string of the molecule is CSc1nc(-c2ccccc2F)c2ccc(=O)n(C3CC3)c2n1. The van der Waals surface area contributed by atoms with Crippen molar-refractivity contribution in [1.82, 2.24) is 14.5 Å². The van der Waals surface area contributed by atoms with Gasteiger partial charge in [0.05, 0.1) is 5.69 Å². The standard InChI is InChI=1S/C17H14FN3OS/c1-23-17-19-15(11-4-2-3-5-13(11)18)12-8-9-14(22)21(10-6-7-10)16(12)20-17/h2-5,8-10H,6-7H2,1H3. The van der Waals surface area contributed by atoms with Crippen molar-refractivity contribution in [1.29, 1.82) is 0 Å². The van der Waals surface area contributed by atoms with Crippen LogP contribution in [0.1, 0.15) is 18.9 Å². The fourth-order valence-corrected chi connectivity index (χ4v) is 3.11. The minimum Gasteiger partial charge on any atom is -0.289 e. The molecular weight excluding hydrogens is 313 g/mol. The van der Waals surface area contributed by atoms with Crippen molar-refractivity contribution in [3.05, 3.63) is 52.6 Å². The molecule has 0 bridgehead atoms. The minimum absolute atomic E-state index is 0.0646. The van der Waals surface area contributed by atoms with Gasteiger partial charge in [-0.2, -0.15) is 0 Å². The monoisotopic (exact) mass is 327 g/mol. The second-order valence-corrected chi connectivity index (χ2v) is 6.32. The highest BCUT2D eigenvalue weighted by Crippen LogP contribution is 2.37. The Morgan fingerprint density at radius 2 is 1.96 bits per heavy atom. The topological polar surface area (TPSA) is 47.8 Å². The van der Waals surface area contributed by atoms with Gasteiger partial charge in [0.1, 0.15) is 11.5 Å². The zero-order chi connectivity index (χ0) is 16.0. The van der Waals surface area contributed by atoms with E-state index in [1.807, 2.05) is 6.26 Å². The van der Waals surface area contributed by atoms with E-state index < -0.39 is 0 Å². The van der Waals surface area contributed by atoms with E-state index >= 15 is 0 Å². The molecule has 0 N–H and O–H groups in total. The van der Waals surface area contributed by atoms with Gasteiger partial charge in [0.2, 0.25) is 0 Å². The van der Waals surface area contributed by atoms with Gasteiger partial charge in [-0.15, -0.1) is 0 Å². The number of rotatable bonds is 3. The number of hydrogen-bond donors (Lipinski definition) is 0. The van der Waals surface area contributed by atoms with E-state index in [0.717, 1.165) is 12.8 Å². The van der Waals surface area contributed by atoms with Crippen LogP contribution in [-0.2, 0) is 0 Å². The number of nitrogens with zero attached hydrogens (tertiary/aromatic N) is 3. The molecule has 0 saturated heterocycles. The molecule has 1 fully saturated rings. The molecule has 116 valence electrons. The average molecular weight is 327 g/mol. The second kappa shape index (κ2) is 5.45. The van der Waals surface area contributed by atoms with Crippen LogP contribution >= 0.6 is 11.8 Å². The molecule has 0 amide bonds. The van der Waals surface area contributed by atoms with Crippen LogP contribution in [0.5, 0.6) is 0 Å². The predicted molar refractivity (Wildman–Crippen MR) is 89.2 cm³/mol. The van der Waals surface area contributed by atoms with Gasteiger partial charge in [0, 0.05) is 23.1 Å². The first-order chi connectivity index (χ1) is 11.2. The molecule has 4 rings (SSSR count). The average Bonchev–Trinajstić information content (AvgIpc) is 3.38. The van der Waals surface area contributed by atoms with E-state index in [2.05, 4.69) is 9.97 Å². The summed E-state index contributed by atoms with van der Waals surface area (Å²) < 4.78 is 16.0. The smallest absolute Gasteiger partial charge is 0.252 e. The number of pyridine rings is 1. The van der Waals surface area contributed by atoms with Crippen molar-refractivity contribution in [2.45, 2.75) is 24.0 Å². The van der Waals surface area contributed by atoms with E-state index in [1.165, 1.54) is 23.9 Å². The molecule has 0 radical (unpaired) electrons. The lowest BCUT2D eigenvalue weighted by Crippen LogP contribution is -2.19. The van der Waals surface area contributed by atoms with Gasteiger partial charge in [-0.1, -0.05) is 23.9 Å². The number of benzene rings is 1. The Bertz CT molecular complexity index is 966. The van der Waals surface area contributed by atoms with Crippen molar-refractivity contribution in [3.8, 4) is 11.3 Å². The summed E-state index contributed by atoms with van der Waals surface area (Å²) in [6.45, 7) is 0. The van der Waals surface area contributed by atoms with Gasteiger partial charge in [-0.25, -0.2) is 14.4 Å². The molecule has 1 saturated carbocycles. The molecular formula is C17H14FN3OS. The number of aromatic nitrogens is 3. The summed E-state index contributed by atoms with van der Waals surface area (Å²) in [5, 5.41) is 1.25. The maximum absolute atomic E-state index is 14.3. The highest BCUT2D eigenvalue weighted by atomic mass is 32.2. The van der Waals surface area contributed by atoms with Crippen molar-refractivity contribution in [2.24, 2.45) is 0 Å². The summed E-state index contributed by atoms with van der Waals surface area (Å²) in [5.74, 6) is -0.330. The lowest BCUT2D eigenvalue weighted by atomic mass is 10.1. The normalized spacial score (nSPS) is 14.3. The number of thioether (sulfide) groups is 1. The quantitative estimate of drug-likeness (QED) is 0.544. The highest BCUT2D eigenvalue weighted by molar-refractivity contribution is 7.98. The van der Waals surface area contributed by atoms with Crippen molar-refractivity contribution in [3.63, 3.8) is 0 Å². The summed E-state index contributed by atoms with van der Waals surface area (Å²) in [5.41, 5.74) is 1.49. The van der Waals surface area contributed by atoms with Crippen LogP contribution in [-0.4, -0.2) is 20.8 Å². The summed E-state index contributed by atoms with van der Waals surface area (Å²) in [4.78, 5) is 21.3. The third-order valence-electron chi connectivity index (χ3n) is 3.99. The van der Waals surface area contributed by atoms with E-state index in [4.69, 9.17) is 0 Å². The van der Waals surface area contributed by atoms with Crippen molar-refractivity contribution < 1.29 is 4.39 Å². The molecule has 1 aliphatic rings. The van der Waals surface area contributed by atoms with Crippen LogP contribution in [0.25, 0.3) is 22.3 Å². The maximum atomic E-state index is 14.3. The fraction of sp³-hybridized carbons (Fsp3) is 0.235. The molecule has 0 unspecified atom stereocenters. The molecule has 0 atom stereocenters. The van der Waals surface area contributed by atoms with Crippen molar-refractivity contribution in [2.75, 3.05) is 6.26 Å². The molecule has 2 heterocycles. The van der Waals surface area contributed by atoms with E-state index in [9.17, 15) is 9.18 Å². The van der Waals surface area contributed by atoms with Crippen LogP contribution in [0.2, 0.25) is 0 Å². The summed E-state index contributed by atoms with van der Waals surface area (Å²) in [6, 6.07) is 9.96. The fourth-order valence-electron chi connectivity index (χ4n) is 2.75. The Balaban J connectivity index is 2.10. The molecule has 0 spiro atoms. The zero-order valence-corrected chi connectivity index (χ0v) is 13.3. The van der Waals surface area contributed by atoms with E-state index in [0.29, 0.717) is 27.4 Å². The first-order valence-corrected chi connectivity index (χ1v) is 8.63. The van der Waals surface area contributed by atoms with Gasteiger partial charge < -0.3 is 0 Å². The molecule has 23 heavy (non-hydrogen) atoms. The summed E-state index contributed by atoms with van der Waals surface area (Å²) in [6.07, 6.45) is 3.83. The Morgan fingerprint density at radius 3 is 2.65 bits per heavy atom. The van der Waals surface area contributed by atoms with Gasteiger partial charge in [0.15, 0.2) is 5.16 Å². The molecule has 4 nitrogen and oxygen atoms in total. The molecule has 3 aromatic rings. The van der Waals surface area contributed by atoms with Gasteiger partial charge in [0.25, 0.3) is 5.56 Å². The zero-order valence-electron chi connectivity index (χ0n) is 12.5. The van der Waals surface area contributed by atoms with Crippen LogP contribution in [0.15, 0.2) is 46.3 Å². The predicted octanol–water partition coefficient (Wildman–Crippen LogP) is 3.65. The van der Waals surface area contributed by atoms with Crippen LogP contribution in [0.4, 0.5) is 4.39 Å². The maximum Gasteiger partial charge on any atom is 0.252 e. The lowest BCUT2D eigenvalue weighted by molar-refractivity contribution is 0.630. The van der Waals surface area contributed by atoms with E-state index in [1.54, 1.807) is 28.8 Å². The first-order valence-electron chi connectivity index (χ1n) is 7.41. The summed E-state index contributed by atoms with van der Waals surface area (Å²) >= 11 is 1.38. The lowest BCUT2D eigenvalue weighted by Gasteiger charge is -2.12. The molecule has 1 aliphatic carbocycles. The van der Waals surface area contributed by atoms with Crippen LogP contribution in [0, 0.1) is 5.82 Å². The van der Waals surface area contributed by atoms with Gasteiger partial charge >= 0.3 is 0 Å². The Hall–Kier alpha value is -2.21. The largest absolute Gasteiger partial charge is 0.289 e. The van der Waals surface area contributed by atoms with Crippen LogP contribution < -0.4 is 5.56 Å². The molecule has 6 heteroatoms. The van der Waals surface area contributed by atoms with E-state index in [-0.39, 0.29) is 17.4 Å². The Kier molecular flexibility index (Phi) is 3.41. The third-order valence-corrected chi connectivity index (χ3v) is 4.53. The first kappa shape index (κ1) is 14.4. The summed E-state index contributed by atoms with van der Waals surface area (Å²) in [7, 11) is 0. The second-order valence-electron chi connectivity index (χ2n) is 5.55. The van der Waals surface area contributed by atoms with Gasteiger partial charge in [-0.05, 0) is 37.3 Å². The Morgan fingerprint density at radius 1 is 1.17 bits per heavy atom. The molecule has 2 aromatic heterocycles. The minimum atomic E-state index is -0.330. The third kappa shape index (κ3) is 2.43. The van der Waals surface area contributed by atoms with Gasteiger partial charge in [-0.3, -0.25) is 9.36 Å².